The second kappa shape index (κ2) is 8.77. The average molecular weight is 408 g/mol. The Kier molecular flexibility index (Phi) is 5.72. The van der Waals surface area contributed by atoms with Crippen molar-refractivity contribution >= 4 is 5.91 Å². The zero-order valence-electron chi connectivity index (χ0n) is 17.0. The Bertz CT molecular complexity index is 871. The van der Waals surface area contributed by atoms with Crippen LogP contribution in [0.15, 0.2) is 42.7 Å². The lowest BCUT2D eigenvalue weighted by Gasteiger charge is -2.34. The lowest BCUT2D eigenvalue weighted by Crippen LogP contribution is -2.46. The maximum Gasteiger partial charge on any atom is 0.270 e. The summed E-state index contributed by atoms with van der Waals surface area (Å²) in [5.74, 6) is 0.302. The van der Waals surface area contributed by atoms with Crippen LogP contribution in [-0.2, 0) is 0 Å². The summed E-state index contributed by atoms with van der Waals surface area (Å²) in [5, 5.41) is 10.1. The summed E-state index contributed by atoms with van der Waals surface area (Å²) in [6, 6.07) is 10.8. The van der Waals surface area contributed by atoms with Crippen LogP contribution >= 0.6 is 0 Å². The van der Waals surface area contributed by atoms with Gasteiger partial charge in [0.1, 0.15) is 5.69 Å². The fraction of sp³-hybridized carbons (Fsp3) is 0.500. The molecule has 3 fully saturated rings. The minimum atomic E-state index is -0.0789. The predicted octanol–water partition coefficient (Wildman–Crippen LogP) is 0.827. The minimum Gasteiger partial charge on any atom is -0.348 e. The van der Waals surface area contributed by atoms with Crippen LogP contribution in [0.4, 0.5) is 0 Å². The molecule has 5 N–H and O–H groups in total. The zero-order valence-corrected chi connectivity index (χ0v) is 17.0. The smallest absolute Gasteiger partial charge is 0.270 e. The number of piperidine rings is 2. The molecule has 158 valence electrons. The van der Waals surface area contributed by atoms with E-state index in [1.807, 2.05) is 24.4 Å². The van der Waals surface area contributed by atoms with Crippen molar-refractivity contribution in [2.24, 2.45) is 5.92 Å². The predicted molar refractivity (Wildman–Crippen MR) is 113 cm³/mol. The average Bonchev–Trinajstić information content (AvgIpc) is 3.24. The Morgan fingerprint density at radius 1 is 1.10 bits per heavy atom. The number of aromatic nitrogens is 2. The number of hydrogen-bond acceptors (Lipinski definition) is 7. The summed E-state index contributed by atoms with van der Waals surface area (Å²) < 4.78 is 0. The van der Waals surface area contributed by atoms with Gasteiger partial charge in [0.05, 0.1) is 11.7 Å². The number of nitrogens with zero attached hydrogens (tertiary/aromatic N) is 2. The number of pyridine rings is 2. The molecule has 0 radical (unpaired) electrons. The number of hydrazine groups is 1. The van der Waals surface area contributed by atoms with Gasteiger partial charge in [-0.1, -0.05) is 12.1 Å². The molecule has 0 saturated carbocycles. The Hall–Kier alpha value is -2.39. The second-order valence-corrected chi connectivity index (χ2v) is 8.47. The molecule has 0 aromatic carbocycles. The molecule has 0 aliphatic carbocycles. The molecule has 3 aliphatic heterocycles. The molecule has 5 heterocycles. The first-order chi connectivity index (χ1) is 14.8. The van der Waals surface area contributed by atoms with Crippen LogP contribution < -0.4 is 26.8 Å². The highest BCUT2D eigenvalue weighted by Crippen LogP contribution is 2.37. The molecule has 8 heteroatoms. The number of amides is 1. The Labute approximate surface area is 176 Å². The molecule has 4 unspecified atom stereocenters. The lowest BCUT2D eigenvalue weighted by molar-refractivity contribution is 0.0924. The van der Waals surface area contributed by atoms with Gasteiger partial charge in [0.2, 0.25) is 0 Å². The van der Waals surface area contributed by atoms with E-state index in [0.717, 1.165) is 44.6 Å². The highest BCUT2D eigenvalue weighted by atomic mass is 16.1. The van der Waals surface area contributed by atoms with Crippen LogP contribution in [0.5, 0.6) is 0 Å². The molecule has 2 aromatic heterocycles. The molecule has 0 bridgehead atoms. The van der Waals surface area contributed by atoms with Crippen molar-refractivity contribution in [3.05, 3.63) is 59.7 Å². The van der Waals surface area contributed by atoms with Crippen molar-refractivity contribution in [2.75, 3.05) is 19.6 Å². The lowest BCUT2D eigenvalue weighted by atomic mass is 9.81. The van der Waals surface area contributed by atoms with E-state index in [1.54, 1.807) is 12.3 Å². The van der Waals surface area contributed by atoms with Gasteiger partial charge in [-0.3, -0.25) is 15.2 Å². The van der Waals surface area contributed by atoms with Crippen molar-refractivity contribution < 1.29 is 4.79 Å². The monoisotopic (exact) mass is 407 g/mol. The molecule has 0 spiro atoms. The SMILES string of the molecule is O=C(NC1CCNCC1)c1cccc(C2NNC3CNC(c4cccnc4)CC32)n1. The van der Waals surface area contributed by atoms with E-state index in [4.69, 9.17) is 4.98 Å². The molecule has 5 rings (SSSR count). The van der Waals surface area contributed by atoms with Gasteiger partial charge in [0, 0.05) is 43.0 Å². The topological polar surface area (TPSA) is 103 Å². The third kappa shape index (κ3) is 4.09. The van der Waals surface area contributed by atoms with Crippen LogP contribution in [0, 0.1) is 5.92 Å². The third-order valence-corrected chi connectivity index (χ3v) is 6.54. The summed E-state index contributed by atoms with van der Waals surface area (Å²) in [4.78, 5) is 21.8. The molecule has 8 nitrogen and oxygen atoms in total. The number of rotatable bonds is 4. The minimum absolute atomic E-state index is 0.0721. The molecule has 4 atom stereocenters. The normalized spacial score (nSPS) is 29.3. The number of hydrogen-bond donors (Lipinski definition) is 5. The maximum absolute atomic E-state index is 12.8. The van der Waals surface area contributed by atoms with Gasteiger partial charge in [-0.2, -0.15) is 0 Å². The standard InChI is InChI=1S/C22H29N7O/c30-22(26-15-6-9-23-10-7-15)18-5-1-4-17(27-18)21-16-11-19(14-3-2-8-24-12-14)25-13-20(16)28-29-21/h1-5,8,12,15-16,19-21,23,25,28-29H,6-7,9-11,13H2,(H,26,30). The first kappa shape index (κ1) is 19.6. The van der Waals surface area contributed by atoms with Gasteiger partial charge in [0.25, 0.3) is 5.91 Å². The number of nitrogens with one attached hydrogen (secondary N) is 5. The van der Waals surface area contributed by atoms with E-state index in [0.29, 0.717) is 17.7 Å². The number of carbonyl (C=O) groups is 1. The van der Waals surface area contributed by atoms with Crippen molar-refractivity contribution in [1.82, 2.24) is 36.8 Å². The van der Waals surface area contributed by atoms with E-state index in [2.05, 4.69) is 37.9 Å². The van der Waals surface area contributed by atoms with Gasteiger partial charge >= 0.3 is 0 Å². The molecule has 3 saturated heterocycles. The largest absolute Gasteiger partial charge is 0.348 e. The van der Waals surface area contributed by atoms with Crippen molar-refractivity contribution in [3.8, 4) is 0 Å². The van der Waals surface area contributed by atoms with Crippen LogP contribution in [0.25, 0.3) is 0 Å². The van der Waals surface area contributed by atoms with Crippen LogP contribution in [0.3, 0.4) is 0 Å². The highest BCUT2D eigenvalue weighted by molar-refractivity contribution is 5.92. The zero-order chi connectivity index (χ0) is 20.3. The quantitative estimate of drug-likeness (QED) is 0.511. The molecule has 2 aromatic rings. The number of carbonyl (C=O) groups excluding carboxylic acids is 1. The fourth-order valence-corrected chi connectivity index (χ4v) is 4.88. The molecule has 1 amide bonds. The van der Waals surface area contributed by atoms with Gasteiger partial charge in [-0.05, 0) is 56.1 Å². The highest BCUT2D eigenvalue weighted by Gasteiger charge is 2.42. The van der Waals surface area contributed by atoms with E-state index in [1.165, 1.54) is 5.56 Å². The second-order valence-electron chi connectivity index (χ2n) is 8.47. The summed E-state index contributed by atoms with van der Waals surface area (Å²) in [7, 11) is 0. The summed E-state index contributed by atoms with van der Waals surface area (Å²) in [5.41, 5.74) is 9.47. The Morgan fingerprint density at radius 3 is 2.83 bits per heavy atom. The molecule has 3 aliphatic rings. The summed E-state index contributed by atoms with van der Waals surface area (Å²) in [6.07, 6.45) is 6.65. The van der Waals surface area contributed by atoms with Crippen LogP contribution in [0.2, 0.25) is 0 Å². The van der Waals surface area contributed by atoms with E-state index >= 15 is 0 Å². The Morgan fingerprint density at radius 2 is 2.00 bits per heavy atom. The van der Waals surface area contributed by atoms with E-state index in [9.17, 15) is 4.79 Å². The van der Waals surface area contributed by atoms with Gasteiger partial charge in [-0.25, -0.2) is 10.4 Å². The van der Waals surface area contributed by atoms with Crippen LogP contribution in [-0.4, -0.2) is 47.6 Å². The van der Waals surface area contributed by atoms with E-state index < -0.39 is 0 Å². The maximum atomic E-state index is 12.8. The third-order valence-electron chi connectivity index (χ3n) is 6.54. The first-order valence-corrected chi connectivity index (χ1v) is 10.9. The van der Waals surface area contributed by atoms with Gasteiger partial charge in [0.15, 0.2) is 0 Å². The van der Waals surface area contributed by atoms with Gasteiger partial charge < -0.3 is 16.0 Å². The summed E-state index contributed by atoms with van der Waals surface area (Å²) >= 11 is 0. The van der Waals surface area contributed by atoms with E-state index in [-0.39, 0.29) is 24.0 Å². The molecule has 30 heavy (non-hydrogen) atoms. The number of fused-ring (bicyclic) bond motifs is 1. The van der Waals surface area contributed by atoms with Crippen molar-refractivity contribution in [2.45, 2.75) is 43.4 Å². The fourth-order valence-electron chi connectivity index (χ4n) is 4.88. The molecular weight excluding hydrogens is 378 g/mol. The first-order valence-electron chi connectivity index (χ1n) is 10.9. The summed E-state index contributed by atoms with van der Waals surface area (Å²) in [6.45, 7) is 2.78. The van der Waals surface area contributed by atoms with Crippen molar-refractivity contribution in [1.29, 1.82) is 0 Å². The van der Waals surface area contributed by atoms with Crippen LogP contribution in [0.1, 0.15) is 53.1 Å². The van der Waals surface area contributed by atoms with Crippen molar-refractivity contribution in [3.63, 3.8) is 0 Å². The van der Waals surface area contributed by atoms with Gasteiger partial charge in [-0.15, -0.1) is 0 Å². The Balaban J connectivity index is 1.30. The molecular formula is C22H29N7O.